The van der Waals surface area contributed by atoms with Gasteiger partial charge in [-0.1, -0.05) is 35.3 Å². The zero-order valence-electron chi connectivity index (χ0n) is 17.4. The standard InChI is InChI=1S/C20H26O6S3/c1-21-11-27-13-7-15(23-3)19(16(8-13)24-4)29-20-17(25-5)9-14(28-12-22-2)10-18(20)26-6/h7-10H,11-12H2,1-6H3. The third kappa shape index (κ3) is 6.29. The number of methoxy groups -OCH3 is 6. The minimum Gasteiger partial charge on any atom is -0.495 e. The normalized spacial score (nSPS) is 10.7. The van der Waals surface area contributed by atoms with Gasteiger partial charge in [-0.3, -0.25) is 0 Å². The van der Waals surface area contributed by atoms with Gasteiger partial charge in [0.05, 0.1) is 50.1 Å². The first-order valence-corrected chi connectivity index (χ1v) is 11.3. The number of rotatable bonds is 12. The van der Waals surface area contributed by atoms with Crippen molar-refractivity contribution in [2.75, 3.05) is 54.5 Å². The van der Waals surface area contributed by atoms with Gasteiger partial charge < -0.3 is 28.4 Å². The van der Waals surface area contributed by atoms with Crippen LogP contribution in [0, 0.1) is 0 Å². The molecule has 2 aromatic carbocycles. The Morgan fingerprint density at radius 1 is 0.552 bits per heavy atom. The smallest absolute Gasteiger partial charge is 0.137 e. The SMILES string of the molecule is COCSc1cc(OC)c(Sc2c(OC)cc(SCOC)cc2OC)c(OC)c1. The van der Waals surface area contributed by atoms with Gasteiger partial charge >= 0.3 is 0 Å². The van der Waals surface area contributed by atoms with Crippen molar-refractivity contribution in [3.63, 3.8) is 0 Å². The molecule has 0 saturated carbocycles. The Labute approximate surface area is 184 Å². The van der Waals surface area contributed by atoms with Crippen LogP contribution in [0.25, 0.3) is 0 Å². The third-order valence-electron chi connectivity index (χ3n) is 3.76. The summed E-state index contributed by atoms with van der Waals surface area (Å²) in [4.78, 5) is 3.67. The summed E-state index contributed by atoms with van der Waals surface area (Å²) in [5.74, 6) is 3.90. The second-order valence-electron chi connectivity index (χ2n) is 5.52. The van der Waals surface area contributed by atoms with Crippen molar-refractivity contribution in [1.29, 1.82) is 0 Å². The van der Waals surface area contributed by atoms with Gasteiger partial charge in [-0.25, -0.2) is 0 Å². The highest BCUT2D eigenvalue weighted by molar-refractivity contribution is 8.00. The van der Waals surface area contributed by atoms with Gasteiger partial charge in [-0.15, -0.1) is 0 Å². The first-order valence-electron chi connectivity index (χ1n) is 8.55. The predicted molar refractivity (Wildman–Crippen MR) is 119 cm³/mol. The number of ether oxygens (including phenoxy) is 6. The van der Waals surface area contributed by atoms with E-state index in [4.69, 9.17) is 28.4 Å². The fourth-order valence-electron chi connectivity index (χ4n) is 2.44. The second kappa shape index (κ2) is 12.3. The van der Waals surface area contributed by atoms with Crippen LogP contribution >= 0.6 is 35.3 Å². The number of benzene rings is 2. The van der Waals surface area contributed by atoms with E-state index in [0.717, 1.165) is 19.6 Å². The molecule has 0 amide bonds. The van der Waals surface area contributed by atoms with Crippen LogP contribution in [0.3, 0.4) is 0 Å². The van der Waals surface area contributed by atoms with Crippen LogP contribution in [0.5, 0.6) is 23.0 Å². The van der Waals surface area contributed by atoms with E-state index in [9.17, 15) is 0 Å². The van der Waals surface area contributed by atoms with Crippen molar-refractivity contribution in [2.24, 2.45) is 0 Å². The molecule has 0 aliphatic heterocycles. The van der Waals surface area contributed by atoms with Crippen molar-refractivity contribution < 1.29 is 28.4 Å². The molecular formula is C20H26O6S3. The average Bonchev–Trinajstić information content (AvgIpc) is 2.76. The lowest BCUT2D eigenvalue weighted by atomic mass is 10.3. The van der Waals surface area contributed by atoms with E-state index >= 15 is 0 Å². The molecule has 0 radical (unpaired) electrons. The van der Waals surface area contributed by atoms with Crippen LogP contribution < -0.4 is 18.9 Å². The Balaban J connectivity index is 2.48. The number of hydrogen-bond acceptors (Lipinski definition) is 9. The van der Waals surface area contributed by atoms with Gasteiger partial charge in [-0.2, -0.15) is 0 Å². The highest BCUT2D eigenvalue weighted by Crippen LogP contribution is 2.50. The summed E-state index contributed by atoms with van der Waals surface area (Å²) in [5, 5.41) is 0. The first kappa shape index (κ1) is 23.9. The Kier molecular flexibility index (Phi) is 10.2. The van der Waals surface area contributed by atoms with Crippen molar-refractivity contribution in [2.45, 2.75) is 19.6 Å². The summed E-state index contributed by atoms with van der Waals surface area (Å²) >= 11 is 4.60. The minimum absolute atomic E-state index is 0.543. The van der Waals surface area contributed by atoms with Gasteiger partial charge in [-0.05, 0) is 24.3 Å². The van der Waals surface area contributed by atoms with Crippen LogP contribution in [0.15, 0.2) is 43.8 Å². The summed E-state index contributed by atoms with van der Waals surface area (Å²) < 4.78 is 32.9. The zero-order chi connectivity index (χ0) is 21.2. The summed E-state index contributed by atoms with van der Waals surface area (Å²) in [6, 6.07) is 7.87. The molecular weight excluding hydrogens is 432 g/mol. The minimum atomic E-state index is 0.543. The molecule has 0 bridgehead atoms. The van der Waals surface area contributed by atoms with E-state index in [1.54, 1.807) is 66.2 Å². The number of thioether (sulfide) groups is 2. The average molecular weight is 459 g/mol. The first-order chi connectivity index (χ1) is 14.1. The molecule has 2 aromatic rings. The third-order valence-corrected chi connectivity index (χ3v) is 6.82. The molecule has 0 spiro atoms. The van der Waals surface area contributed by atoms with Gasteiger partial charge in [0.15, 0.2) is 0 Å². The second-order valence-corrected chi connectivity index (χ2v) is 8.53. The largest absolute Gasteiger partial charge is 0.495 e. The van der Waals surface area contributed by atoms with E-state index in [0.29, 0.717) is 34.9 Å². The van der Waals surface area contributed by atoms with Gasteiger partial charge in [0.1, 0.15) is 23.0 Å². The van der Waals surface area contributed by atoms with Gasteiger partial charge in [0.2, 0.25) is 0 Å². The van der Waals surface area contributed by atoms with Crippen LogP contribution in [0.2, 0.25) is 0 Å². The van der Waals surface area contributed by atoms with Gasteiger partial charge in [0.25, 0.3) is 0 Å². The lowest BCUT2D eigenvalue weighted by Crippen LogP contribution is -1.96. The fraction of sp³-hybridized carbons (Fsp3) is 0.400. The Bertz CT molecular complexity index is 684. The molecule has 0 aliphatic carbocycles. The lowest BCUT2D eigenvalue weighted by Gasteiger charge is -2.18. The fourth-order valence-corrected chi connectivity index (χ4v) is 4.88. The van der Waals surface area contributed by atoms with Crippen molar-refractivity contribution in [3.05, 3.63) is 24.3 Å². The van der Waals surface area contributed by atoms with E-state index in [1.807, 2.05) is 24.3 Å². The van der Waals surface area contributed by atoms with Crippen molar-refractivity contribution >= 4 is 35.3 Å². The maximum absolute atomic E-state index is 5.65. The lowest BCUT2D eigenvalue weighted by molar-refractivity contribution is 0.258. The number of hydrogen-bond donors (Lipinski definition) is 0. The summed E-state index contributed by atoms with van der Waals surface area (Å²) in [6.45, 7) is 0. The van der Waals surface area contributed by atoms with Crippen LogP contribution in [-0.2, 0) is 9.47 Å². The Hall–Kier alpha value is -1.39. The van der Waals surface area contributed by atoms with Crippen molar-refractivity contribution in [3.8, 4) is 23.0 Å². The topological polar surface area (TPSA) is 55.4 Å². The highest BCUT2D eigenvalue weighted by atomic mass is 32.2. The monoisotopic (exact) mass is 458 g/mol. The zero-order valence-corrected chi connectivity index (χ0v) is 19.8. The maximum Gasteiger partial charge on any atom is 0.137 e. The molecule has 2 rings (SSSR count). The molecule has 0 atom stereocenters. The Morgan fingerprint density at radius 3 is 1.10 bits per heavy atom. The molecule has 0 unspecified atom stereocenters. The summed E-state index contributed by atoms with van der Waals surface area (Å²) in [5.41, 5.74) is 0. The molecule has 29 heavy (non-hydrogen) atoms. The molecule has 160 valence electrons. The van der Waals surface area contributed by atoms with E-state index in [2.05, 4.69) is 0 Å². The van der Waals surface area contributed by atoms with Gasteiger partial charge in [0, 0.05) is 24.0 Å². The van der Waals surface area contributed by atoms with Crippen molar-refractivity contribution in [1.82, 2.24) is 0 Å². The molecule has 0 heterocycles. The molecule has 0 N–H and O–H groups in total. The molecule has 6 nitrogen and oxygen atoms in total. The predicted octanol–water partition coefficient (Wildman–Crippen LogP) is 5.26. The molecule has 0 aromatic heterocycles. The van der Waals surface area contributed by atoms with Crippen LogP contribution in [-0.4, -0.2) is 54.5 Å². The van der Waals surface area contributed by atoms with E-state index < -0.39 is 0 Å². The molecule has 0 fully saturated rings. The highest BCUT2D eigenvalue weighted by Gasteiger charge is 2.21. The molecule has 0 aliphatic rings. The Morgan fingerprint density at radius 2 is 0.862 bits per heavy atom. The van der Waals surface area contributed by atoms with E-state index in [-0.39, 0.29) is 0 Å². The van der Waals surface area contributed by atoms with Crippen LogP contribution in [0.1, 0.15) is 0 Å². The molecule has 9 heteroatoms. The van der Waals surface area contributed by atoms with E-state index in [1.165, 1.54) is 11.8 Å². The van der Waals surface area contributed by atoms with Crippen LogP contribution in [0.4, 0.5) is 0 Å². The quantitative estimate of drug-likeness (QED) is 0.313. The summed E-state index contributed by atoms with van der Waals surface area (Å²) in [6.07, 6.45) is 0. The molecule has 0 saturated heterocycles. The summed E-state index contributed by atoms with van der Waals surface area (Å²) in [7, 11) is 9.90. The maximum atomic E-state index is 5.65.